The number of benzene rings is 2. The number of nitrogens with zero attached hydrogens (tertiary/aromatic N) is 1. The summed E-state index contributed by atoms with van der Waals surface area (Å²) in [6, 6.07) is 13.8. The van der Waals surface area contributed by atoms with Crippen molar-refractivity contribution in [1.29, 1.82) is 0 Å². The predicted molar refractivity (Wildman–Crippen MR) is 99.0 cm³/mol. The zero-order valence-corrected chi connectivity index (χ0v) is 14.7. The van der Waals surface area contributed by atoms with Gasteiger partial charge in [-0.15, -0.1) is 0 Å². The van der Waals surface area contributed by atoms with E-state index in [2.05, 4.69) is 17.3 Å². The molecule has 0 aromatic heterocycles. The quantitative estimate of drug-likeness (QED) is 0.894. The van der Waals surface area contributed by atoms with Crippen LogP contribution in [0.15, 0.2) is 48.5 Å². The van der Waals surface area contributed by atoms with Crippen molar-refractivity contribution in [3.63, 3.8) is 0 Å². The number of rotatable bonds is 5. The van der Waals surface area contributed by atoms with Crippen molar-refractivity contribution < 1.29 is 9.18 Å². The second-order valence-electron chi connectivity index (χ2n) is 6.90. The highest BCUT2D eigenvalue weighted by Crippen LogP contribution is 2.20. The topological polar surface area (TPSA) is 32.3 Å². The largest absolute Gasteiger partial charge is 0.352 e. The minimum Gasteiger partial charge on any atom is -0.352 e. The average Bonchev–Trinajstić information content (AvgIpc) is 2.62. The number of likely N-dealkylation sites (tertiary alicyclic amines) is 1. The Morgan fingerprint density at radius 1 is 1.12 bits per heavy atom. The molecule has 4 heteroatoms. The van der Waals surface area contributed by atoms with Crippen LogP contribution in [-0.2, 0) is 0 Å². The van der Waals surface area contributed by atoms with Gasteiger partial charge in [0.2, 0.25) is 0 Å². The third-order valence-corrected chi connectivity index (χ3v) is 4.88. The second-order valence-corrected chi connectivity index (χ2v) is 6.90. The summed E-state index contributed by atoms with van der Waals surface area (Å²) in [7, 11) is 2.16. The zero-order valence-electron chi connectivity index (χ0n) is 14.7. The summed E-state index contributed by atoms with van der Waals surface area (Å²) < 4.78 is 13.0. The molecule has 2 aromatic rings. The van der Waals surface area contributed by atoms with Crippen LogP contribution in [0.2, 0.25) is 0 Å². The Labute approximate surface area is 148 Å². The smallest absolute Gasteiger partial charge is 0.251 e. The van der Waals surface area contributed by atoms with E-state index in [-0.39, 0.29) is 11.7 Å². The van der Waals surface area contributed by atoms with Gasteiger partial charge < -0.3 is 10.2 Å². The van der Waals surface area contributed by atoms with Gasteiger partial charge >= 0.3 is 0 Å². The molecular weight excluding hydrogens is 315 g/mol. The van der Waals surface area contributed by atoms with E-state index >= 15 is 0 Å². The SMILES string of the molecule is CN1CCC[C@H](CCNC(=O)c2ccc(-c3ccc(F)cc3)cc2)C1. The first-order chi connectivity index (χ1) is 12.1. The van der Waals surface area contributed by atoms with E-state index in [1.54, 1.807) is 12.1 Å². The van der Waals surface area contributed by atoms with E-state index in [1.807, 2.05) is 24.3 Å². The van der Waals surface area contributed by atoms with Crippen molar-refractivity contribution in [3.8, 4) is 11.1 Å². The number of halogens is 1. The van der Waals surface area contributed by atoms with Crippen molar-refractivity contribution in [2.24, 2.45) is 5.92 Å². The van der Waals surface area contributed by atoms with Gasteiger partial charge in [0, 0.05) is 18.7 Å². The highest BCUT2D eigenvalue weighted by Gasteiger charge is 2.17. The molecule has 1 N–H and O–H groups in total. The van der Waals surface area contributed by atoms with Gasteiger partial charge in [0.15, 0.2) is 0 Å². The Kier molecular flexibility index (Phi) is 5.82. The summed E-state index contributed by atoms with van der Waals surface area (Å²) in [5, 5.41) is 3.02. The molecule has 1 amide bonds. The molecule has 2 aromatic carbocycles. The summed E-state index contributed by atoms with van der Waals surface area (Å²) in [5.74, 6) is 0.402. The fraction of sp³-hybridized carbons (Fsp3) is 0.381. The molecule has 3 nitrogen and oxygen atoms in total. The Balaban J connectivity index is 1.51. The van der Waals surface area contributed by atoms with Gasteiger partial charge in [0.05, 0.1) is 0 Å². The third kappa shape index (κ3) is 4.89. The van der Waals surface area contributed by atoms with Crippen molar-refractivity contribution in [2.45, 2.75) is 19.3 Å². The van der Waals surface area contributed by atoms with Crippen molar-refractivity contribution >= 4 is 5.91 Å². The standard InChI is InChI=1S/C21H25FN2O/c1-24-14-2-3-16(15-24)12-13-23-21(25)19-6-4-17(5-7-19)18-8-10-20(22)11-9-18/h4-11,16H,2-3,12-15H2,1H3,(H,23,25)/t16-/m1/s1. The molecule has 0 spiro atoms. The van der Waals surface area contributed by atoms with E-state index in [9.17, 15) is 9.18 Å². The van der Waals surface area contributed by atoms with Crippen LogP contribution in [0, 0.1) is 11.7 Å². The molecule has 1 aliphatic rings. The van der Waals surface area contributed by atoms with Gasteiger partial charge in [-0.1, -0.05) is 24.3 Å². The normalized spacial score (nSPS) is 18.1. The minimum absolute atomic E-state index is 0.0326. The fourth-order valence-electron chi connectivity index (χ4n) is 3.46. The summed E-state index contributed by atoms with van der Waals surface area (Å²) >= 11 is 0. The predicted octanol–water partition coefficient (Wildman–Crippen LogP) is 3.95. The number of piperidine rings is 1. The molecular formula is C21H25FN2O. The molecule has 0 unspecified atom stereocenters. The first-order valence-corrected chi connectivity index (χ1v) is 8.94. The summed E-state index contributed by atoms with van der Waals surface area (Å²) in [5.41, 5.74) is 2.57. The maximum atomic E-state index is 13.0. The number of hydrogen-bond donors (Lipinski definition) is 1. The van der Waals surface area contributed by atoms with Gasteiger partial charge in [-0.05, 0) is 74.2 Å². The van der Waals surface area contributed by atoms with Crippen LogP contribution in [0.4, 0.5) is 4.39 Å². The number of carbonyl (C=O) groups is 1. The maximum Gasteiger partial charge on any atom is 0.251 e. The summed E-state index contributed by atoms with van der Waals surface area (Å²) in [4.78, 5) is 14.6. The monoisotopic (exact) mass is 340 g/mol. The minimum atomic E-state index is -0.246. The lowest BCUT2D eigenvalue weighted by molar-refractivity contribution is 0.0948. The molecule has 0 saturated carbocycles. The molecule has 0 bridgehead atoms. The van der Waals surface area contributed by atoms with Crippen LogP contribution in [0.1, 0.15) is 29.6 Å². The molecule has 0 aliphatic carbocycles. The molecule has 1 fully saturated rings. The first-order valence-electron chi connectivity index (χ1n) is 8.94. The van der Waals surface area contributed by atoms with E-state index in [0.29, 0.717) is 11.5 Å². The summed E-state index contributed by atoms with van der Waals surface area (Å²) in [6.07, 6.45) is 3.54. The van der Waals surface area contributed by atoms with Crippen LogP contribution in [-0.4, -0.2) is 37.5 Å². The average molecular weight is 340 g/mol. The number of carbonyl (C=O) groups excluding carboxylic acids is 1. The molecule has 0 radical (unpaired) electrons. The van der Waals surface area contributed by atoms with E-state index in [4.69, 9.17) is 0 Å². The maximum absolute atomic E-state index is 13.0. The zero-order chi connectivity index (χ0) is 17.6. The van der Waals surface area contributed by atoms with Crippen molar-refractivity contribution in [3.05, 3.63) is 59.9 Å². The lowest BCUT2D eigenvalue weighted by Crippen LogP contribution is -2.34. The molecule has 132 valence electrons. The number of amides is 1. The molecule has 1 heterocycles. The lowest BCUT2D eigenvalue weighted by Gasteiger charge is -2.29. The third-order valence-electron chi connectivity index (χ3n) is 4.88. The Morgan fingerprint density at radius 2 is 1.76 bits per heavy atom. The van der Waals surface area contributed by atoms with Gasteiger partial charge in [0.1, 0.15) is 5.82 Å². The Morgan fingerprint density at radius 3 is 2.40 bits per heavy atom. The summed E-state index contributed by atoms with van der Waals surface area (Å²) in [6.45, 7) is 3.03. The van der Waals surface area contributed by atoms with Gasteiger partial charge in [-0.25, -0.2) is 4.39 Å². The Hall–Kier alpha value is -2.20. The van der Waals surface area contributed by atoms with E-state index in [0.717, 1.165) is 30.6 Å². The van der Waals surface area contributed by atoms with Gasteiger partial charge in [-0.2, -0.15) is 0 Å². The number of nitrogens with one attached hydrogen (secondary N) is 1. The Bertz CT molecular complexity index is 697. The molecule has 3 rings (SSSR count). The molecule has 1 saturated heterocycles. The van der Waals surface area contributed by atoms with Crippen molar-refractivity contribution in [1.82, 2.24) is 10.2 Å². The highest BCUT2D eigenvalue weighted by atomic mass is 19.1. The van der Waals surface area contributed by atoms with Crippen LogP contribution < -0.4 is 5.32 Å². The van der Waals surface area contributed by atoms with Gasteiger partial charge in [0.25, 0.3) is 5.91 Å². The van der Waals surface area contributed by atoms with Crippen molar-refractivity contribution in [2.75, 3.05) is 26.7 Å². The van der Waals surface area contributed by atoms with E-state index in [1.165, 1.54) is 31.5 Å². The molecule has 25 heavy (non-hydrogen) atoms. The van der Waals surface area contributed by atoms with Gasteiger partial charge in [-0.3, -0.25) is 4.79 Å². The van der Waals surface area contributed by atoms with Crippen LogP contribution in [0.3, 0.4) is 0 Å². The highest BCUT2D eigenvalue weighted by molar-refractivity contribution is 5.94. The van der Waals surface area contributed by atoms with Crippen LogP contribution >= 0.6 is 0 Å². The number of hydrogen-bond acceptors (Lipinski definition) is 2. The van der Waals surface area contributed by atoms with Crippen LogP contribution in [0.5, 0.6) is 0 Å². The molecule has 1 aliphatic heterocycles. The second kappa shape index (κ2) is 8.26. The fourth-order valence-corrected chi connectivity index (χ4v) is 3.46. The van der Waals surface area contributed by atoms with Crippen LogP contribution in [0.25, 0.3) is 11.1 Å². The molecule has 1 atom stereocenters. The van der Waals surface area contributed by atoms with E-state index < -0.39 is 0 Å². The lowest BCUT2D eigenvalue weighted by atomic mass is 9.95. The first kappa shape index (κ1) is 17.6.